The van der Waals surface area contributed by atoms with Gasteiger partial charge in [0.1, 0.15) is 12.0 Å². The molecule has 0 aliphatic rings. The Kier molecular flexibility index (Phi) is 3.57. The van der Waals surface area contributed by atoms with Crippen LogP contribution in [0.25, 0.3) is 0 Å². The largest absolute Gasteiger partial charge is 0.472 e. The van der Waals surface area contributed by atoms with Crippen LogP contribution in [0.1, 0.15) is 10.4 Å². The fourth-order valence-electron chi connectivity index (χ4n) is 1.35. The van der Waals surface area contributed by atoms with Gasteiger partial charge in [0, 0.05) is 5.69 Å². The molecule has 0 bridgehead atoms. The maximum Gasteiger partial charge on any atom is 0.346 e. The first kappa shape index (κ1) is 13.2. The molecule has 19 heavy (non-hydrogen) atoms. The molecule has 0 aliphatic heterocycles. The zero-order valence-corrected chi connectivity index (χ0v) is 10.8. The van der Waals surface area contributed by atoms with Gasteiger partial charge in [-0.05, 0) is 30.3 Å². The molecular formula is C12H11NO5S. The van der Waals surface area contributed by atoms with Gasteiger partial charge >= 0.3 is 5.97 Å². The fraction of sp³-hybridized carbons (Fsp3) is 0.0833. The minimum Gasteiger partial charge on any atom is -0.472 e. The van der Waals surface area contributed by atoms with Crippen LogP contribution >= 0.6 is 0 Å². The lowest BCUT2D eigenvalue weighted by Crippen LogP contribution is -2.10. The lowest BCUT2D eigenvalue weighted by atomic mass is 10.3. The van der Waals surface area contributed by atoms with E-state index in [9.17, 15) is 13.2 Å². The number of rotatable bonds is 4. The van der Waals surface area contributed by atoms with E-state index in [0.29, 0.717) is 17.0 Å². The van der Waals surface area contributed by atoms with E-state index in [0.717, 1.165) is 6.26 Å². The van der Waals surface area contributed by atoms with Gasteiger partial charge < -0.3 is 9.15 Å². The lowest BCUT2D eigenvalue weighted by molar-refractivity contribution is 0.0734. The highest BCUT2D eigenvalue weighted by Crippen LogP contribution is 2.17. The van der Waals surface area contributed by atoms with Crippen LogP contribution in [0.5, 0.6) is 5.75 Å². The van der Waals surface area contributed by atoms with Crippen molar-refractivity contribution in [3.05, 3.63) is 48.4 Å². The third-order valence-electron chi connectivity index (χ3n) is 2.12. The predicted molar refractivity (Wildman–Crippen MR) is 68.6 cm³/mol. The number of carbonyl (C=O) groups is 1. The normalized spacial score (nSPS) is 11.0. The van der Waals surface area contributed by atoms with Gasteiger partial charge in [-0.15, -0.1) is 0 Å². The zero-order valence-electron chi connectivity index (χ0n) is 9.99. The van der Waals surface area contributed by atoms with E-state index < -0.39 is 16.0 Å². The van der Waals surface area contributed by atoms with Gasteiger partial charge in [0.15, 0.2) is 0 Å². The Bertz CT molecular complexity index is 659. The number of furan rings is 1. The number of sulfonamides is 1. The molecule has 1 aromatic carbocycles. The summed E-state index contributed by atoms with van der Waals surface area (Å²) >= 11 is 0. The lowest BCUT2D eigenvalue weighted by Gasteiger charge is -2.05. The van der Waals surface area contributed by atoms with Crippen LogP contribution in [0.2, 0.25) is 0 Å². The van der Waals surface area contributed by atoms with Crippen LogP contribution in [0.4, 0.5) is 5.69 Å². The Hall–Kier alpha value is -2.28. The van der Waals surface area contributed by atoms with E-state index in [1.165, 1.54) is 42.9 Å². The van der Waals surface area contributed by atoms with Crippen LogP contribution in [-0.2, 0) is 10.0 Å². The summed E-state index contributed by atoms with van der Waals surface area (Å²) in [5, 5.41) is 0. The summed E-state index contributed by atoms with van der Waals surface area (Å²) in [6, 6.07) is 7.47. The van der Waals surface area contributed by atoms with Gasteiger partial charge in [-0.3, -0.25) is 4.72 Å². The summed E-state index contributed by atoms with van der Waals surface area (Å²) in [6.45, 7) is 0. The average Bonchev–Trinajstić information content (AvgIpc) is 2.83. The van der Waals surface area contributed by atoms with Crippen LogP contribution in [0.15, 0.2) is 47.3 Å². The monoisotopic (exact) mass is 281 g/mol. The Morgan fingerprint density at radius 2 is 1.89 bits per heavy atom. The quantitative estimate of drug-likeness (QED) is 0.683. The highest BCUT2D eigenvalue weighted by atomic mass is 32.2. The molecule has 0 saturated carbocycles. The fourth-order valence-corrected chi connectivity index (χ4v) is 1.92. The number of nitrogens with one attached hydrogen (secondary N) is 1. The van der Waals surface area contributed by atoms with E-state index in [2.05, 4.69) is 4.72 Å². The highest BCUT2D eigenvalue weighted by Gasteiger charge is 2.09. The molecule has 100 valence electrons. The van der Waals surface area contributed by atoms with E-state index in [1.54, 1.807) is 0 Å². The first-order valence-corrected chi connectivity index (χ1v) is 7.15. The smallest absolute Gasteiger partial charge is 0.346 e. The topological polar surface area (TPSA) is 85.6 Å². The van der Waals surface area contributed by atoms with Crippen molar-refractivity contribution in [2.45, 2.75) is 0 Å². The molecule has 0 fully saturated rings. The number of anilines is 1. The second-order valence-corrected chi connectivity index (χ2v) is 5.55. The second kappa shape index (κ2) is 5.15. The number of carbonyl (C=O) groups excluding carboxylic acids is 1. The number of ether oxygens (including phenoxy) is 1. The molecule has 6 nitrogen and oxygen atoms in total. The van der Waals surface area contributed by atoms with Crippen molar-refractivity contribution in [3.63, 3.8) is 0 Å². The van der Waals surface area contributed by atoms with Crippen LogP contribution in [-0.4, -0.2) is 20.6 Å². The molecule has 2 rings (SSSR count). The minimum atomic E-state index is -3.32. The van der Waals surface area contributed by atoms with Gasteiger partial charge in [0.05, 0.1) is 18.1 Å². The molecule has 1 heterocycles. The first-order chi connectivity index (χ1) is 8.94. The summed E-state index contributed by atoms with van der Waals surface area (Å²) in [5.74, 6) is -0.233. The number of hydrogen-bond donors (Lipinski definition) is 1. The standard InChI is InChI=1S/C12H11NO5S/c1-19(15,16)13-10-2-4-11(5-3-10)18-12(14)9-6-7-17-8-9/h2-8,13H,1H3. The molecule has 0 radical (unpaired) electrons. The van der Waals surface area contributed by atoms with E-state index >= 15 is 0 Å². The Morgan fingerprint density at radius 1 is 1.21 bits per heavy atom. The summed E-state index contributed by atoms with van der Waals surface area (Å²) in [5.41, 5.74) is 0.698. The predicted octanol–water partition coefficient (Wildman–Crippen LogP) is 1.87. The van der Waals surface area contributed by atoms with Crippen LogP contribution in [0, 0.1) is 0 Å². The molecule has 0 amide bonds. The van der Waals surface area contributed by atoms with Gasteiger partial charge in [0.2, 0.25) is 10.0 Å². The van der Waals surface area contributed by atoms with Crippen molar-refractivity contribution in [3.8, 4) is 5.75 Å². The van der Waals surface area contributed by atoms with Crippen LogP contribution < -0.4 is 9.46 Å². The van der Waals surface area contributed by atoms with Gasteiger partial charge in [-0.25, -0.2) is 13.2 Å². The van der Waals surface area contributed by atoms with Gasteiger partial charge in [-0.2, -0.15) is 0 Å². The molecule has 0 atom stereocenters. The third-order valence-corrected chi connectivity index (χ3v) is 2.73. The molecule has 0 saturated heterocycles. The molecule has 0 unspecified atom stereocenters. The van der Waals surface area contributed by atoms with Crippen molar-refractivity contribution in [2.24, 2.45) is 0 Å². The second-order valence-electron chi connectivity index (χ2n) is 3.80. The summed E-state index contributed by atoms with van der Waals surface area (Å²) in [6.07, 6.45) is 3.71. The molecule has 2 aromatic rings. The first-order valence-electron chi connectivity index (χ1n) is 5.26. The molecular weight excluding hydrogens is 270 g/mol. The van der Waals surface area contributed by atoms with Gasteiger partial charge in [0.25, 0.3) is 0 Å². The van der Waals surface area contributed by atoms with Crippen molar-refractivity contribution in [2.75, 3.05) is 11.0 Å². The molecule has 7 heteroatoms. The van der Waals surface area contributed by atoms with Crippen molar-refractivity contribution >= 4 is 21.7 Å². The number of benzene rings is 1. The number of esters is 1. The van der Waals surface area contributed by atoms with Crippen molar-refractivity contribution in [1.29, 1.82) is 0 Å². The molecule has 1 aromatic heterocycles. The Morgan fingerprint density at radius 3 is 2.42 bits per heavy atom. The van der Waals surface area contributed by atoms with E-state index in [4.69, 9.17) is 9.15 Å². The summed E-state index contributed by atoms with van der Waals surface area (Å²) < 4.78 is 34.2. The van der Waals surface area contributed by atoms with E-state index in [1.807, 2.05) is 0 Å². The molecule has 0 aliphatic carbocycles. The average molecular weight is 281 g/mol. The van der Waals surface area contributed by atoms with Crippen molar-refractivity contribution in [1.82, 2.24) is 0 Å². The molecule has 0 spiro atoms. The SMILES string of the molecule is CS(=O)(=O)Nc1ccc(OC(=O)c2ccoc2)cc1. The Balaban J connectivity index is 2.05. The van der Waals surface area contributed by atoms with Gasteiger partial charge in [-0.1, -0.05) is 0 Å². The maximum absolute atomic E-state index is 11.6. The maximum atomic E-state index is 11.6. The third kappa shape index (κ3) is 3.85. The molecule has 1 N–H and O–H groups in total. The summed E-state index contributed by atoms with van der Waals surface area (Å²) in [4.78, 5) is 11.6. The van der Waals surface area contributed by atoms with E-state index in [-0.39, 0.29) is 0 Å². The minimum absolute atomic E-state index is 0.304. The highest BCUT2D eigenvalue weighted by molar-refractivity contribution is 7.92. The zero-order chi connectivity index (χ0) is 13.9. The van der Waals surface area contributed by atoms with Crippen LogP contribution in [0.3, 0.4) is 0 Å². The Labute approximate surface area is 110 Å². The summed E-state index contributed by atoms with van der Waals surface area (Å²) in [7, 11) is -3.32. The number of hydrogen-bond acceptors (Lipinski definition) is 5. The van der Waals surface area contributed by atoms with Crippen molar-refractivity contribution < 1.29 is 22.4 Å².